The van der Waals surface area contributed by atoms with Gasteiger partial charge in [0.15, 0.2) is 0 Å². The molecule has 29 heavy (non-hydrogen) atoms. The van der Waals surface area contributed by atoms with E-state index in [1.807, 2.05) is 18.2 Å². The number of hydrogen-bond donors (Lipinski definition) is 1. The van der Waals surface area contributed by atoms with E-state index in [1.54, 1.807) is 48.5 Å². The molecule has 0 heterocycles. The summed E-state index contributed by atoms with van der Waals surface area (Å²) in [6.07, 6.45) is 0. The Morgan fingerprint density at radius 1 is 0.517 bits per heavy atom. The van der Waals surface area contributed by atoms with Crippen LogP contribution in [-0.2, 0) is 0 Å². The highest BCUT2D eigenvalue weighted by Gasteiger charge is 2.09. The summed E-state index contributed by atoms with van der Waals surface area (Å²) in [5.74, 6) is -1.61. The lowest BCUT2D eigenvalue weighted by atomic mass is 9.93. The second-order valence-electron chi connectivity index (χ2n) is 6.70. The van der Waals surface area contributed by atoms with Gasteiger partial charge in [-0.2, -0.15) is 0 Å². The van der Waals surface area contributed by atoms with Gasteiger partial charge >= 0.3 is 5.97 Å². The summed E-state index contributed by atoms with van der Waals surface area (Å²) in [6, 6.07) is 25.0. The Bertz CT molecular complexity index is 1100. The van der Waals surface area contributed by atoms with Crippen LogP contribution in [0.1, 0.15) is 10.4 Å². The van der Waals surface area contributed by atoms with E-state index >= 15 is 0 Å². The SMILES string of the molecule is O=C(O)c1ccc(-c2cc(-c3ccc(F)cc3)cc(-c3ccc(F)cc3)c2)cc1. The third-order valence-corrected chi connectivity index (χ3v) is 4.75. The van der Waals surface area contributed by atoms with E-state index in [-0.39, 0.29) is 17.2 Å². The Morgan fingerprint density at radius 2 is 0.828 bits per heavy atom. The van der Waals surface area contributed by atoms with Crippen LogP contribution in [0.5, 0.6) is 0 Å². The van der Waals surface area contributed by atoms with Crippen LogP contribution >= 0.6 is 0 Å². The lowest BCUT2D eigenvalue weighted by molar-refractivity contribution is 0.0697. The fourth-order valence-corrected chi connectivity index (χ4v) is 3.22. The molecule has 0 aliphatic heterocycles. The maximum atomic E-state index is 13.3. The number of halogens is 2. The summed E-state index contributed by atoms with van der Waals surface area (Å²) in [5, 5.41) is 9.12. The molecule has 4 aromatic carbocycles. The minimum Gasteiger partial charge on any atom is -0.478 e. The van der Waals surface area contributed by atoms with Crippen molar-refractivity contribution in [1.29, 1.82) is 0 Å². The third kappa shape index (κ3) is 4.06. The summed E-state index contributed by atoms with van der Waals surface area (Å²) in [5.41, 5.74) is 5.39. The molecule has 0 atom stereocenters. The van der Waals surface area contributed by atoms with Crippen molar-refractivity contribution < 1.29 is 18.7 Å². The van der Waals surface area contributed by atoms with Crippen molar-refractivity contribution in [2.45, 2.75) is 0 Å². The molecule has 4 heteroatoms. The molecule has 2 nitrogen and oxygen atoms in total. The second kappa shape index (κ2) is 7.68. The summed E-state index contributed by atoms with van der Waals surface area (Å²) < 4.78 is 26.7. The predicted molar refractivity (Wildman–Crippen MR) is 110 cm³/mol. The van der Waals surface area contributed by atoms with Crippen LogP contribution in [0.25, 0.3) is 33.4 Å². The molecule has 0 spiro atoms. The van der Waals surface area contributed by atoms with Crippen LogP contribution in [0.2, 0.25) is 0 Å². The Balaban J connectivity index is 1.86. The molecule has 0 saturated heterocycles. The Hall–Kier alpha value is -3.79. The van der Waals surface area contributed by atoms with Crippen LogP contribution in [-0.4, -0.2) is 11.1 Å². The zero-order valence-electron chi connectivity index (χ0n) is 15.3. The molecule has 0 unspecified atom stereocenters. The number of hydrogen-bond acceptors (Lipinski definition) is 1. The molecule has 0 aliphatic rings. The van der Waals surface area contributed by atoms with E-state index in [9.17, 15) is 13.6 Å². The molecule has 4 aromatic rings. The average Bonchev–Trinajstić information content (AvgIpc) is 2.74. The lowest BCUT2D eigenvalue weighted by Crippen LogP contribution is -1.95. The highest BCUT2D eigenvalue weighted by Crippen LogP contribution is 2.33. The smallest absolute Gasteiger partial charge is 0.335 e. The molecule has 0 bridgehead atoms. The van der Waals surface area contributed by atoms with Gasteiger partial charge < -0.3 is 5.11 Å². The molecule has 0 aliphatic carbocycles. The van der Waals surface area contributed by atoms with E-state index < -0.39 is 5.97 Å². The zero-order chi connectivity index (χ0) is 20.4. The first-order valence-electron chi connectivity index (χ1n) is 9.00. The average molecular weight is 386 g/mol. The monoisotopic (exact) mass is 386 g/mol. The molecular weight excluding hydrogens is 370 g/mol. The largest absolute Gasteiger partial charge is 0.478 e. The maximum Gasteiger partial charge on any atom is 0.335 e. The highest BCUT2D eigenvalue weighted by molar-refractivity contribution is 5.89. The van der Waals surface area contributed by atoms with Crippen LogP contribution < -0.4 is 0 Å². The first-order chi connectivity index (χ1) is 14.0. The molecule has 0 aromatic heterocycles. The minimum atomic E-state index is -0.983. The summed E-state index contributed by atoms with van der Waals surface area (Å²) in [6.45, 7) is 0. The number of benzene rings is 4. The molecule has 0 saturated carbocycles. The van der Waals surface area contributed by atoms with Crippen molar-refractivity contribution in [3.05, 3.63) is 108 Å². The van der Waals surface area contributed by atoms with Gasteiger partial charge in [-0.3, -0.25) is 0 Å². The van der Waals surface area contributed by atoms with Crippen LogP contribution in [0.15, 0.2) is 91.0 Å². The van der Waals surface area contributed by atoms with E-state index in [1.165, 1.54) is 24.3 Å². The second-order valence-corrected chi connectivity index (χ2v) is 6.70. The maximum absolute atomic E-state index is 13.3. The lowest BCUT2D eigenvalue weighted by Gasteiger charge is -2.12. The first-order valence-corrected chi connectivity index (χ1v) is 9.00. The van der Waals surface area contributed by atoms with Gasteiger partial charge in [-0.15, -0.1) is 0 Å². The Kier molecular flexibility index (Phi) is 4.92. The van der Waals surface area contributed by atoms with Gasteiger partial charge in [0, 0.05) is 0 Å². The van der Waals surface area contributed by atoms with Gasteiger partial charge in [-0.25, -0.2) is 13.6 Å². The van der Waals surface area contributed by atoms with Crippen molar-refractivity contribution in [2.75, 3.05) is 0 Å². The molecule has 0 fully saturated rings. The molecule has 142 valence electrons. The van der Waals surface area contributed by atoms with Crippen LogP contribution in [0, 0.1) is 11.6 Å². The van der Waals surface area contributed by atoms with E-state index in [0.717, 1.165) is 33.4 Å². The quantitative estimate of drug-likeness (QED) is 0.426. The third-order valence-electron chi connectivity index (χ3n) is 4.75. The minimum absolute atomic E-state index is 0.210. The Labute approximate surface area is 166 Å². The van der Waals surface area contributed by atoms with Crippen molar-refractivity contribution >= 4 is 5.97 Å². The summed E-state index contributed by atoms with van der Waals surface area (Å²) in [7, 11) is 0. The normalized spacial score (nSPS) is 10.7. The van der Waals surface area contributed by atoms with Gasteiger partial charge in [-0.1, -0.05) is 36.4 Å². The number of aromatic carboxylic acids is 1. The Morgan fingerprint density at radius 3 is 1.14 bits per heavy atom. The number of carboxylic acid groups (broad SMARTS) is 1. The fourth-order valence-electron chi connectivity index (χ4n) is 3.22. The molecule has 0 radical (unpaired) electrons. The number of carbonyl (C=O) groups is 1. The predicted octanol–water partition coefficient (Wildman–Crippen LogP) is 6.66. The fraction of sp³-hybridized carbons (Fsp3) is 0. The highest BCUT2D eigenvalue weighted by atomic mass is 19.1. The zero-order valence-corrected chi connectivity index (χ0v) is 15.3. The topological polar surface area (TPSA) is 37.3 Å². The van der Waals surface area contributed by atoms with Gasteiger partial charge in [-0.05, 0) is 88.0 Å². The number of carboxylic acids is 1. The van der Waals surface area contributed by atoms with Gasteiger partial charge in [0.25, 0.3) is 0 Å². The van der Waals surface area contributed by atoms with Gasteiger partial charge in [0.1, 0.15) is 11.6 Å². The van der Waals surface area contributed by atoms with Gasteiger partial charge in [0.2, 0.25) is 0 Å². The van der Waals surface area contributed by atoms with Crippen molar-refractivity contribution in [3.8, 4) is 33.4 Å². The molecule has 1 N–H and O–H groups in total. The van der Waals surface area contributed by atoms with E-state index in [2.05, 4.69) is 0 Å². The summed E-state index contributed by atoms with van der Waals surface area (Å²) in [4.78, 5) is 11.1. The molecule has 0 amide bonds. The van der Waals surface area contributed by atoms with Crippen LogP contribution in [0.3, 0.4) is 0 Å². The van der Waals surface area contributed by atoms with E-state index in [4.69, 9.17) is 5.11 Å². The summed E-state index contributed by atoms with van der Waals surface area (Å²) >= 11 is 0. The molecular formula is C25H16F2O2. The van der Waals surface area contributed by atoms with Gasteiger partial charge in [0.05, 0.1) is 5.56 Å². The number of rotatable bonds is 4. The molecule has 4 rings (SSSR count). The van der Waals surface area contributed by atoms with Crippen molar-refractivity contribution in [3.63, 3.8) is 0 Å². The van der Waals surface area contributed by atoms with Crippen molar-refractivity contribution in [1.82, 2.24) is 0 Å². The first kappa shape index (κ1) is 18.6. The van der Waals surface area contributed by atoms with Crippen molar-refractivity contribution in [2.24, 2.45) is 0 Å². The standard InChI is InChI=1S/C25H16F2O2/c26-23-9-5-17(6-10-23)21-13-20(16-1-3-19(4-2-16)25(28)29)14-22(15-21)18-7-11-24(27)12-8-18/h1-15H,(H,28,29). The van der Waals surface area contributed by atoms with Crippen LogP contribution in [0.4, 0.5) is 8.78 Å². The van der Waals surface area contributed by atoms with E-state index in [0.29, 0.717) is 0 Å².